The zero-order valence-corrected chi connectivity index (χ0v) is 31.6. The minimum absolute atomic E-state index is 0.157. The molecule has 0 aromatic heterocycles. The van der Waals surface area contributed by atoms with E-state index in [0.29, 0.717) is 59.9 Å². The van der Waals surface area contributed by atoms with E-state index in [2.05, 4.69) is 58.8 Å². The lowest BCUT2D eigenvalue weighted by molar-refractivity contribution is -0.136. The number of fused-ring (bicyclic) bond motifs is 2. The van der Waals surface area contributed by atoms with Crippen LogP contribution < -0.4 is 10.1 Å². The Hall–Kier alpha value is -4.63. The highest BCUT2D eigenvalue weighted by Crippen LogP contribution is 2.49. The highest BCUT2D eigenvalue weighted by molar-refractivity contribution is 6.05. The third-order valence-electron chi connectivity index (χ3n) is 13.6. The summed E-state index contributed by atoms with van der Waals surface area (Å²) in [7, 11) is 0. The molecule has 2 aromatic carbocycles. The maximum Gasteiger partial charge on any atom is 0.255 e. The molecule has 3 fully saturated rings. The number of benzene rings is 2. The molecule has 1 saturated carbocycles. The Bertz CT molecular complexity index is 1930. The van der Waals surface area contributed by atoms with E-state index in [-0.39, 0.29) is 30.2 Å². The molecule has 3 amide bonds. The number of ether oxygens (including phenoxy) is 2. The lowest BCUT2D eigenvalue weighted by atomic mass is 9.63. The summed E-state index contributed by atoms with van der Waals surface area (Å²) in [5, 5.41) is 12.6. The molecule has 3 unspecified atom stereocenters. The Morgan fingerprint density at radius 1 is 0.873 bits per heavy atom. The number of aryl methyl sites for hydroxylation is 1. The van der Waals surface area contributed by atoms with Gasteiger partial charge in [-0.15, -0.1) is 0 Å². The Morgan fingerprint density at radius 2 is 1.75 bits per heavy atom. The van der Waals surface area contributed by atoms with Gasteiger partial charge in [0.2, 0.25) is 11.8 Å². The van der Waals surface area contributed by atoms with Crippen LogP contribution in [0.3, 0.4) is 0 Å². The summed E-state index contributed by atoms with van der Waals surface area (Å²) in [4.78, 5) is 41.2. The van der Waals surface area contributed by atoms with E-state index in [0.717, 1.165) is 81.7 Å². The second-order valence-corrected chi connectivity index (χ2v) is 16.9. The number of carbonyl (C=O) groups excluding carboxylic acids is 3. The fourth-order valence-electron chi connectivity index (χ4n) is 10.5. The number of hydrogen-bond donors (Lipinski definition) is 2. The summed E-state index contributed by atoms with van der Waals surface area (Å²) < 4.78 is 12.7. The van der Waals surface area contributed by atoms with Crippen molar-refractivity contribution < 1.29 is 29.0 Å². The molecule has 0 radical (unpaired) electrons. The molecule has 3 heterocycles. The van der Waals surface area contributed by atoms with Gasteiger partial charge in [-0.25, -0.2) is 0 Å². The number of phenolic OH excluding ortho intramolecular Hbond substituents is 1. The fourth-order valence-corrected chi connectivity index (χ4v) is 10.5. The van der Waals surface area contributed by atoms with Crippen LogP contribution in [0, 0.1) is 23.7 Å². The molecule has 2 saturated heterocycles. The van der Waals surface area contributed by atoms with Crippen LogP contribution in [0.5, 0.6) is 11.5 Å². The monoisotopic (exact) mass is 743 g/mol. The summed E-state index contributed by atoms with van der Waals surface area (Å²) >= 11 is 0. The number of likely N-dealkylation sites (tertiary alicyclic amines) is 1. The highest BCUT2D eigenvalue weighted by Gasteiger charge is 2.41. The lowest BCUT2D eigenvalue weighted by Gasteiger charge is -2.45. The maximum absolute atomic E-state index is 13.0. The Balaban J connectivity index is 0.701. The Labute approximate surface area is 324 Å². The third kappa shape index (κ3) is 7.52. The van der Waals surface area contributed by atoms with Gasteiger partial charge >= 0.3 is 0 Å². The van der Waals surface area contributed by atoms with E-state index in [1.165, 1.54) is 24.0 Å². The van der Waals surface area contributed by atoms with E-state index < -0.39 is 6.04 Å². The van der Waals surface area contributed by atoms with Crippen molar-refractivity contribution in [1.29, 1.82) is 0 Å². The molecule has 5 atom stereocenters. The average Bonchev–Trinajstić information content (AvgIpc) is 3.51. The van der Waals surface area contributed by atoms with Crippen LogP contribution in [-0.4, -0.2) is 70.5 Å². The number of phenols is 1. The number of piperidine rings is 2. The predicted octanol–water partition coefficient (Wildman–Crippen LogP) is 7.12. The van der Waals surface area contributed by atoms with Crippen LogP contribution in [0.2, 0.25) is 0 Å². The van der Waals surface area contributed by atoms with Crippen LogP contribution in [0.15, 0.2) is 84.7 Å². The van der Waals surface area contributed by atoms with E-state index in [1.54, 1.807) is 4.90 Å². The van der Waals surface area contributed by atoms with Crippen molar-refractivity contribution in [2.24, 2.45) is 23.7 Å². The van der Waals surface area contributed by atoms with Crippen molar-refractivity contribution in [2.75, 3.05) is 19.7 Å². The molecule has 4 aliphatic carbocycles. The van der Waals surface area contributed by atoms with Crippen LogP contribution >= 0.6 is 0 Å². The molecule has 9 nitrogen and oxygen atoms in total. The number of hydrogen-bond acceptors (Lipinski definition) is 7. The normalized spacial score (nSPS) is 30.7. The number of imide groups is 1. The molecule has 288 valence electrons. The minimum atomic E-state index is -0.606. The van der Waals surface area contributed by atoms with E-state index >= 15 is 0 Å². The van der Waals surface area contributed by atoms with Crippen molar-refractivity contribution in [3.8, 4) is 11.5 Å². The molecule has 9 heteroatoms. The molecule has 2 N–H and O–H groups in total. The van der Waals surface area contributed by atoms with Crippen LogP contribution in [0.1, 0.15) is 97.2 Å². The van der Waals surface area contributed by atoms with Crippen LogP contribution in [-0.2, 0) is 27.3 Å². The molecule has 0 bridgehead atoms. The summed E-state index contributed by atoms with van der Waals surface area (Å²) in [6.45, 7) is 3.37. The zero-order valence-electron chi connectivity index (χ0n) is 31.6. The molecule has 3 aliphatic heterocycles. The number of carbonyl (C=O) groups is 3. The van der Waals surface area contributed by atoms with Gasteiger partial charge in [0.25, 0.3) is 5.91 Å². The first-order chi connectivity index (χ1) is 26.9. The molecule has 0 spiro atoms. The summed E-state index contributed by atoms with van der Waals surface area (Å²) in [5.41, 5.74) is 4.21. The summed E-state index contributed by atoms with van der Waals surface area (Å²) in [6.07, 6.45) is 26.6. The number of nitrogens with zero attached hydrogens (tertiary/aromatic N) is 2. The van der Waals surface area contributed by atoms with Crippen LogP contribution in [0.4, 0.5) is 0 Å². The first kappa shape index (κ1) is 36.0. The van der Waals surface area contributed by atoms with E-state index in [4.69, 9.17) is 9.47 Å². The zero-order chi connectivity index (χ0) is 37.5. The van der Waals surface area contributed by atoms with Crippen molar-refractivity contribution in [3.63, 3.8) is 0 Å². The molecular weight excluding hydrogens is 691 g/mol. The molecular formula is C46H53N3O6. The number of rotatable bonds is 10. The first-order valence-corrected chi connectivity index (χ1v) is 20.7. The number of amides is 3. The molecule has 2 aromatic rings. The predicted molar refractivity (Wildman–Crippen MR) is 209 cm³/mol. The van der Waals surface area contributed by atoms with Crippen molar-refractivity contribution in [2.45, 2.75) is 101 Å². The van der Waals surface area contributed by atoms with Gasteiger partial charge in [0.15, 0.2) is 0 Å². The van der Waals surface area contributed by atoms with Gasteiger partial charge in [0.1, 0.15) is 29.4 Å². The Morgan fingerprint density at radius 3 is 2.53 bits per heavy atom. The van der Waals surface area contributed by atoms with Crippen molar-refractivity contribution in [3.05, 3.63) is 107 Å². The van der Waals surface area contributed by atoms with Gasteiger partial charge in [-0.05, 0) is 153 Å². The quantitative estimate of drug-likeness (QED) is 0.250. The Kier molecular flexibility index (Phi) is 10.1. The number of aromatic hydroxyl groups is 1. The van der Waals surface area contributed by atoms with Crippen LogP contribution in [0.25, 0.3) is 0 Å². The topological polar surface area (TPSA) is 108 Å². The van der Waals surface area contributed by atoms with Gasteiger partial charge in [0.05, 0.1) is 6.61 Å². The molecule has 7 aliphatic rings. The minimum Gasteiger partial charge on any atom is -0.508 e. The summed E-state index contributed by atoms with van der Waals surface area (Å²) in [6, 6.07) is 11.6. The van der Waals surface area contributed by atoms with Crippen molar-refractivity contribution in [1.82, 2.24) is 15.1 Å². The van der Waals surface area contributed by atoms with Gasteiger partial charge in [0, 0.05) is 37.4 Å². The van der Waals surface area contributed by atoms with Gasteiger partial charge < -0.3 is 24.4 Å². The highest BCUT2D eigenvalue weighted by atomic mass is 16.5. The fraction of sp³-hybridized carbons (Fsp3) is 0.500. The number of nitrogens with one attached hydrogen (secondary N) is 1. The maximum atomic E-state index is 13.0. The average molecular weight is 744 g/mol. The third-order valence-corrected chi connectivity index (χ3v) is 13.6. The lowest BCUT2D eigenvalue weighted by Crippen LogP contribution is -2.52. The SMILES string of the molecule is O=C1CCC(N2Cc3cc(O[C@H]4C[C@@H](N5CCC(CCOC6=CCC([C@@H]7c8ccc(O)cc8CC[C@@H]7C7C=CC=CC7)C=C6)CC5)C4)ccc3C2=O)C(=O)N1. The largest absolute Gasteiger partial charge is 0.508 e. The molecule has 9 rings (SSSR count). The van der Waals surface area contributed by atoms with Gasteiger partial charge in [-0.2, -0.15) is 0 Å². The molecule has 55 heavy (non-hydrogen) atoms. The smallest absolute Gasteiger partial charge is 0.255 e. The van der Waals surface area contributed by atoms with Crippen molar-refractivity contribution >= 4 is 17.7 Å². The second-order valence-electron chi connectivity index (χ2n) is 16.9. The van der Waals surface area contributed by atoms with Gasteiger partial charge in [-0.1, -0.05) is 36.4 Å². The van der Waals surface area contributed by atoms with E-state index in [1.807, 2.05) is 30.3 Å². The van der Waals surface area contributed by atoms with Gasteiger partial charge in [-0.3, -0.25) is 19.7 Å². The number of allylic oxidation sites excluding steroid dienone is 7. The standard InChI is InChI=1S/C46H53N3O6/c50-35-9-14-40-32(24-35)8-13-39(30-4-2-1-3-5-30)44(40)31-6-10-36(11-7-31)54-23-20-29-18-21-48(22-19-29)34-26-38(27-34)55-37-12-15-41-33(25-37)28-49(46(41)53)42-16-17-43(51)47-45(42)52/h1-4,6,9-12,14-15,24-25,29-31,34,38-39,42,44,50H,5,7-8,13,16-23,26-28H2,(H,47,51,52)/t30?,31?,34-,38+,39-,42?,44+/m1/s1. The first-order valence-electron chi connectivity index (χ1n) is 20.7. The van der Waals surface area contributed by atoms with E-state index in [9.17, 15) is 19.5 Å². The second kappa shape index (κ2) is 15.5. The summed E-state index contributed by atoms with van der Waals surface area (Å²) in [5.74, 6) is 4.03.